The molecule has 0 bridgehead atoms. The minimum absolute atomic E-state index is 0.140. The fraction of sp³-hybridized carbons (Fsp3) is 0. The number of aromatic nitrogens is 3. The summed E-state index contributed by atoms with van der Waals surface area (Å²) >= 11 is 7.17. The van der Waals surface area contributed by atoms with Crippen LogP contribution in [0.2, 0.25) is 5.02 Å². The van der Waals surface area contributed by atoms with E-state index in [2.05, 4.69) is 15.0 Å². The number of nitrogens with zero attached hydrogens (tertiary/aromatic N) is 2. The Balaban J connectivity index is 2.38. The molecule has 0 spiro atoms. The summed E-state index contributed by atoms with van der Waals surface area (Å²) in [4.78, 5) is 21.7. The zero-order valence-corrected chi connectivity index (χ0v) is 10.5. The van der Waals surface area contributed by atoms with Crippen LogP contribution in [0, 0.1) is 5.41 Å². The normalized spacial score (nSPS) is 10.3. The lowest BCUT2D eigenvalue weighted by Gasteiger charge is -2.06. The molecule has 2 aromatic rings. The second kappa shape index (κ2) is 5.19. The Morgan fingerprint density at radius 2 is 2.11 bits per heavy atom. The second-order valence-corrected chi connectivity index (χ2v) is 4.59. The van der Waals surface area contributed by atoms with Gasteiger partial charge in [-0.3, -0.25) is 10.2 Å². The van der Waals surface area contributed by atoms with Gasteiger partial charge in [-0.25, -0.2) is 9.97 Å². The van der Waals surface area contributed by atoms with Crippen molar-refractivity contribution in [2.24, 2.45) is 5.73 Å². The molecule has 0 aliphatic carbocycles. The van der Waals surface area contributed by atoms with Crippen molar-refractivity contribution in [1.82, 2.24) is 15.0 Å². The number of pyridine rings is 1. The Morgan fingerprint density at radius 1 is 1.39 bits per heavy atom. The van der Waals surface area contributed by atoms with Crippen LogP contribution < -0.4 is 11.3 Å². The van der Waals surface area contributed by atoms with Gasteiger partial charge in [0.2, 0.25) is 0 Å². The number of amidine groups is 1. The number of aromatic amines is 1. The van der Waals surface area contributed by atoms with Gasteiger partial charge in [0.25, 0.3) is 5.56 Å². The summed E-state index contributed by atoms with van der Waals surface area (Å²) < 4.78 is 0. The average molecular weight is 282 g/mol. The van der Waals surface area contributed by atoms with E-state index in [1.54, 1.807) is 6.07 Å². The molecule has 0 aliphatic rings. The number of nitrogens with two attached hydrogens (primary N) is 1. The van der Waals surface area contributed by atoms with E-state index in [9.17, 15) is 4.79 Å². The van der Waals surface area contributed by atoms with E-state index in [0.29, 0.717) is 15.7 Å². The lowest BCUT2D eigenvalue weighted by Crippen LogP contribution is -2.12. The summed E-state index contributed by atoms with van der Waals surface area (Å²) in [5, 5.41) is 8.44. The summed E-state index contributed by atoms with van der Waals surface area (Å²) in [6, 6.07) is 2.86. The first-order valence-electron chi connectivity index (χ1n) is 4.80. The third-order valence-electron chi connectivity index (χ3n) is 1.99. The molecule has 0 saturated carbocycles. The van der Waals surface area contributed by atoms with Crippen molar-refractivity contribution in [3.05, 3.63) is 45.5 Å². The smallest absolute Gasteiger partial charge is 0.251 e. The van der Waals surface area contributed by atoms with Gasteiger partial charge >= 0.3 is 0 Å². The second-order valence-electron chi connectivity index (χ2n) is 3.23. The molecule has 0 aromatic carbocycles. The van der Waals surface area contributed by atoms with Crippen molar-refractivity contribution in [2.75, 3.05) is 0 Å². The van der Waals surface area contributed by atoms with Crippen LogP contribution in [0.25, 0.3) is 0 Å². The van der Waals surface area contributed by atoms with Gasteiger partial charge in [0.1, 0.15) is 10.9 Å². The zero-order chi connectivity index (χ0) is 13.1. The van der Waals surface area contributed by atoms with E-state index in [0.717, 1.165) is 11.8 Å². The van der Waals surface area contributed by atoms with Crippen molar-refractivity contribution in [3.63, 3.8) is 0 Å². The molecular weight excluding hydrogens is 274 g/mol. The molecule has 92 valence electrons. The minimum Gasteiger partial charge on any atom is -0.384 e. The predicted octanol–water partition coefficient (Wildman–Crippen LogP) is 1.25. The lowest BCUT2D eigenvalue weighted by atomic mass is 10.2. The van der Waals surface area contributed by atoms with E-state index in [4.69, 9.17) is 22.7 Å². The van der Waals surface area contributed by atoms with E-state index in [1.807, 2.05) is 0 Å². The number of hydrogen-bond donors (Lipinski definition) is 3. The molecule has 0 atom stereocenters. The number of H-pyrrole nitrogens is 1. The van der Waals surface area contributed by atoms with Crippen molar-refractivity contribution < 1.29 is 0 Å². The van der Waals surface area contributed by atoms with E-state index < -0.39 is 0 Å². The first-order chi connectivity index (χ1) is 8.58. The first kappa shape index (κ1) is 12.6. The maximum Gasteiger partial charge on any atom is 0.251 e. The summed E-state index contributed by atoms with van der Waals surface area (Å²) in [6.45, 7) is 0. The summed E-state index contributed by atoms with van der Waals surface area (Å²) in [6.07, 6.45) is 2.88. The molecular formula is C10H8ClN5OS. The van der Waals surface area contributed by atoms with Crippen molar-refractivity contribution >= 4 is 29.2 Å². The highest BCUT2D eigenvalue weighted by atomic mass is 35.5. The van der Waals surface area contributed by atoms with Crippen LogP contribution in [-0.2, 0) is 0 Å². The van der Waals surface area contributed by atoms with Crippen LogP contribution in [0.15, 0.2) is 39.5 Å². The third-order valence-corrected chi connectivity index (χ3v) is 3.39. The zero-order valence-electron chi connectivity index (χ0n) is 8.98. The number of hydrogen-bond acceptors (Lipinski definition) is 5. The van der Waals surface area contributed by atoms with Gasteiger partial charge in [-0.15, -0.1) is 0 Å². The molecule has 2 heterocycles. The monoisotopic (exact) mass is 281 g/mol. The summed E-state index contributed by atoms with van der Waals surface area (Å²) in [7, 11) is 0. The Labute approximate surface area is 111 Å². The SMILES string of the molecule is N=C(N)c1ccnc(Sc2nccc(=O)[nH]2)c1Cl. The number of nitrogens with one attached hydrogen (secondary N) is 2. The highest BCUT2D eigenvalue weighted by Gasteiger charge is 2.11. The van der Waals surface area contributed by atoms with Gasteiger partial charge in [-0.1, -0.05) is 11.6 Å². The Morgan fingerprint density at radius 3 is 2.78 bits per heavy atom. The number of nitrogen functional groups attached to an aromatic ring is 1. The standard InChI is InChI=1S/C10H8ClN5OS/c11-7-5(8(12)13)1-3-14-9(7)18-10-15-4-2-6(17)16-10/h1-4H,(H3,12,13)(H,15,16,17). The maximum atomic E-state index is 11.1. The summed E-state index contributed by atoms with van der Waals surface area (Å²) in [5.41, 5.74) is 5.53. The van der Waals surface area contributed by atoms with Crippen molar-refractivity contribution in [2.45, 2.75) is 10.2 Å². The van der Waals surface area contributed by atoms with Gasteiger partial charge in [0.15, 0.2) is 5.16 Å². The molecule has 0 amide bonds. The minimum atomic E-state index is -0.258. The van der Waals surface area contributed by atoms with E-state index in [-0.39, 0.29) is 16.4 Å². The van der Waals surface area contributed by atoms with Crippen LogP contribution in [0.1, 0.15) is 5.56 Å². The predicted molar refractivity (Wildman–Crippen MR) is 69.2 cm³/mol. The van der Waals surface area contributed by atoms with Gasteiger partial charge < -0.3 is 10.7 Å². The lowest BCUT2D eigenvalue weighted by molar-refractivity contribution is 0.931. The van der Waals surface area contributed by atoms with Crippen molar-refractivity contribution in [1.29, 1.82) is 5.41 Å². The Hall–Kier alpha value is -1.86. The van der Waals surface area contributed by atoms with Crippen molar-refractivity contribution in [3.8, 4) is 0 Å². The molecule has 2 rings (SSSR count). The fourth-order valence-corrected chi connectivity index (χ4v) is 2.29. The largest absolute Gasteiger partial charge is 0.384 e. The molecule has 6 nitrogen and oxygen atoms in total. The molecule has 4 N–H and O–H groups in total. The van der Waals surface area contributed by atoms with Crippen LogP contribution in [0.4, 0.5) is 0 Å². The number of rotatable bonds is 3. The van der Waals surface area contributed by atoms with Crippen LogP contribution in [0.3, 0.4) is 0 Å². The highest BCUT2D eigenvalue weighted by molar-refractivity contribution is 7.99. The van der Waals surface area contributed by atoms with E-state index in [1.165, 1.54) is 18.5 Å². The molecule has 0 fully saturated rings. The topological polar surface area (TPSA) is 109 Å². The molecule has 8 heteroatoms. The van der Waals surface area contributed by atoms with Gasteiger partial charge in [0.05, 0.1) is 5.02 Å². The highest BCUT2D eigenvalue weighted by Crippen LogP contribution is 2.30. The first-order valence-corrected chi connectivity index (χ1v) is 5.99. The van der Waals surface area contributed by atoms with Crippen LogP contribution in [-0.4, -0.2) is 20.8 Å². The Kier molecular flexibility index (Phi) is 3.63. The molecule has 0 unspecified atom stereocenters. The molecule has 0 saturated heterocycles. The van der Waals surface area contributed by atoms with Gasteiger partial charge in [-0.05, 0) is 17.8 Å². The van der Waals surface area contributed by atoms with Gasteiger partial charge in [-0.2, -0.15) is 0 Å². The molecule has 2 aromatic heterocycles. The average Bonchev–Trinajstić information content (AvgIpc) is 2.31. The third kappa shape index (κ3) is 2.69. The molecule has 0 radical (unpaired) electrons. The van der Waals surface area contributed by atoms with E-state index >= 15 is 0 Å². The summed E-state index contributed by atoms with van der Waals surface area (Å²) in [5.74, 6) is -0.140. The molecule has 0 aliphatic heterocycles. The number of halogens is 1. The van der Waals surface area contributed by atoms with Gasteiger partial charge in [0, 0.05) is 24.0 Å². The quantitative estimate of drug-likeness (QED) is 0.446. The van der Waals surface area contributed by atoms with Crippen LogP contribution >= 0.6 is 23.4 Å². The fourth-order valence-electron chi connectivity index (χ4n) is 1.20. The Bertz CT molecular complexity index is 657. The van der Waals surface area contributed by atoms with Crippen LogP contribution in [0.5, 0.6) is 0 Å². The maximum absolute atomic E-state index is 11.1. The molecule has 18 heavy (non-hydrogen) atoms.